The average Bonchev–Trinajstić information content (AvgIpc) is 2.26. The number of nitrogens with zero attached hydrogens (tertiary/aromatic N) is 1. The predicted molar refractivity (Wildman–Crippen MR) is 74.2 cm³/mol. The zero-order chi connectivity index (χ0) is 15.3. The lowest BCUT2D eigenvalue weighted by Crippen LogP contribution is -2.56. The van der Waals surface area contributed by atoms with Gasteiger partial charge in [0.15, 0.2) is 9.84 Å². The standard InChI is InChI=1S/C12H20N2O5S/c1-3-4-9(2)13-12(17)14-5-6-20(18,19)8-10(14)7-11(15)16/h3,9-10H,1,4-8H2,2H3,(H,13,17)(H,15,16). The summed E-state index contributed by atoms with van der Waals surface area (Å²) in [6.45, 7) is 5.39. The molecule has 1 fully saturated rings. The highest BCUT2D eigenvalue weighted by molar-refractivity contribution is 7.91. The molecule has 2 unspecified atom stereocenters. The van der Waals surface area contributed by atoms with Crippen molar-refractivity contribution in [3.8, 4) is 0 Å². The minimum atomic E-state index is -3.28. The molecule has 1 aliphatic heterocycles. The first-order chi connectivity index (χ1) is 9.25. The molecule has 8 heteroatoms. The molecule has 0 spiro atoms. The normalized spacial score (nSPS) is 22.9. The van der Waals surface area contributed by atoms with E-state index in [1.54, 1.807) is 13.0 Å². The van der Waals surface area contributed by atoms with E-state index in [9.17, 15) is 18.0 Å². The third kappa shape index (κ3) is 4.84. The lowest BCUT2D eigenvalue weighted by molar-refractivity contribution is -0.138. The molecule has 0 saturated carbocycles. The Morgan fingerprint density at radius 3 is 2.75 bits per heavy atom. The van der Waals surface area contributed by atoms with Gasteiger partial charge in [-0.15, -0.1) is 6.58 Å². The Morgan fingerprint density at radius 2 is 2.20 bits per heavy atom. The summed E-state index contributed by atoms with van der Waals surface area (Å²) in [5.74, 6) is -1.56. The molecule has 0 aromatic carbocycles. The van der Waals surface area contributed by atoms with Gasteiger partial charge in [0.25, 0.3) is 0 Å². The molecule has 114 valence electrons. The summed E-state index contributed by atoms with van der Waals surface area (Å²) in [4.78, 5) is 24.2. The Hall–Kier alpha value is -1.57. The van der Waals surface area contributed by atoms with Crippen LogP contribution >= 0.6 is 0 Å². The van der Waals surface area contributed by atoms with Crippen LogP contribution in [0.25, 0.3) is 0 Å². The van der Waals surface area contributed by atoms with Gasteiger partial charge in [0.05, 0.1) is 24.0 Å². The van der Waals surface area contributed by atoms with Crippen molar-refractivity contribution in [2.75, 3.05) is 18.1 Å². The van der Waals surface area contributed by atoms with Crippen LogP contribution in [0.5, 0.6) is 0 Å². The molecule has 2 N–H and O–H groups in total. The fourth-order valence-corrected chi connectivity index (χ4v) is 3.65. The minimum Gasteiger partial charge on any atom is -0.481 e. The Labute approximate surface area is 118 Å². The van der Waals surface area contributed by atoms with E-state index in [1.165, 1.54) is 4.90 Å². The maximum atomic E-state index is 12.1. The Kier molecular flexibility index (Phi) is 5.55. The van der Waals surface area contributed by atoms with Gasteiger partial charge in [0.2, 0.25) is 0 Å². The van der Waals surface area contributed by atoms with E-state index in [2.05, 4.69) is 11.9 Å². The molecule has 7 nitrogen and oxygen atoms in total. The van der Waals surface area contributed by atoms with Crippen molar-refractivity contribution in [1.29, 1.82) is 0 Å². The van der Waals surface area contributed by atoms with Gasteiger partial charge >= 0.3 is 12.0 Å². The zero-order valence-corrected chi connectivity index (χ0v) is 12.2. The van der Waals surface area contributed by atoms with E-state index in [-0.39, 0.29) is 30.5 Å². The van der Waals surface area contributed by atoms with Crippen molar-refractivity contribution in [1.82, 2.24) is 10.2 Å². The first-order valence-electron chi connectivity index (χ1n) is 6.35. The maximum absolute atomic E-state index is 12.1. The number of urea groups is 1. The molecule has 2 atom stereocenters. The molecule has 0 aromatic rings. The van der Waals surface area contributed by atoms with Crippen molar-refractivity contribution in [2.24, 2.45) is 0 Å². The molecule has 20 heavy (non-hydrogen) atoms. The number of carboxylic acids is 1. The summed E-state index contributed by atoms with van der Waals surface area (Å²) in [5.41, 5.74) is 0. The second kappa shape index (κ2) is 6.74. The van der Waals surface area contributed by atoms with Gasteiger partial charge in [-0.05, 0) is 13.3 Å². The molecular formula is C12H20N2O5S. The summed E-state index contributed by atoms with van der Waals surface area (Å²) in [5, 5.41) is 11.5. The van der Waals surface area contributed by atoms with Gasteiger partial charge < -0.3 is 15.3 Å². The van der Waals surface area contributed by atoms with E-state index in [4.69, 9.17) is 5.11 Å². The van der Waals surface area contributed by atoms with Crippen molar-refractivity contribution >= 4 is 21.8 Å². The van der Waals surface area contributed by atoms with Crippen molar-refractivity contribution in [2.45, 2.75) is 31.8 Å². The van der Waals surface area contributed by atoms with Gasteiger partial charge in [-0.2, -0.15) is 0 Å². The van der Waals surface area contributed by atoms with Gasteiger partial charge in [-0.3, -0.25) is 4.79 Å². The monoisotopic (exact) mass is 304 g/mol. The number of carbonyl (C=O) groups is 2. The molecule has 1 rings (SSSR count). The first kappa shape index (κ1) is 16.5. The quantitative estimate of drug-likeness (QED) is 0.708. The Morgan fingerprint density at radius 1 is 1.55 bits per heavy atom. The molecule has 2 amide bonds. The topological polar surface area (TPSA) is 104 Å². The highest BCUT2D eigenvalue weighted by Crippen LogP contribution is 2.15. The first-order valence-corrected chi connectivity index (χ1v) is 8.17. The number of sulfone groups is 1. The SMILES string of the molecule is C=CCC(C)NC(=O)N1CCS(=O)(=O)CC1CC(=O)O. The Bertz CT molecular complexity index is 488. The van der Waals surface area contributed by atoms with Gasteiger partial charge in [-0.25, -0.2) is 13.2 Å². The largest absolute Gasteiger partial charge is 0.481 e. The minimum absolute atomic E-state index is 0.0208. The van der Waals surface area contributed by atoms with Crippen molar-refractivity contribution < 1.29 is 23.1 Å². The zero-order valence-electron chi connectivity index (χ0n) is 11.4. The van der Waals surface area contributed by atoms with E-state index in [0.29, 0.717) is 6.42 Å². The van der Waals surface area contributed by atoms with Crippen LogP contribution in [0.4, 0.5) is 4.79 Å². The van der Waals surface area contributed by atoms with Crippen LogP contribution in [0, 0.1) is 0 Å². The molecule has 0 bridgehead atoms. The predicted octanol–water partition coefficient (Wildman–Crippen LogP) is 0.234. The molecule has 0 radical (unpaired) electrons. The maximum Gasteiger partial charge on any atom is 0.317 e. The van der Waals surface area contributed by atoms with Crippen LogP contribution in [0.15, 0.2) is 12.7 Å². The highest BCUT2D eigenvalue weighted by atomic mass is 32.2. The van der Waals surface area contributed by atoms with Crippen molar-refractivity contribution in [3.05, 3.63) is 12.7 Å². The van der Waals surface area contributed by atoms with E-state index < -0.39 is 27.9 Å². The number of carbonyl (C=O) groups excluding carboxylic acids is 1. The number of nitrogens with one attached hydrogen (secondary N) is 1. The van der Waals surface area contributed by atoms with Crippen molar-refractivity contribution in [3.63, 3.8) is 0 Å². The smallest absolute Gasteiger partial charge is 0.317 e. The number of carboxylic acid groups (broad SMARTS) is 1. The molecule has 1 aliphatic rings. The van der Waals surface area contributed by atoms with Crippen LogP contribution in [-0.2, 0) is 14.6 Å². The lowest BCUT2D eigenvalue weighted by Gasteiger charge is -2.35. The summed E-state index contributed by atoms with van der Waals surface area (Å²) in [6.07, 6.45) is 1.88. The Balaban J connectivity index is 2.76. The molecule has 1 heterocycles. The molecule has 1 saturated heterocycles. The summed E-state index contributed by atoms with van der Waals surface area (Å²) >= 11 is 0. The number of hydrogen-bond donors (Lipinski definition) is 2. The third-order valence-electron chi connectivity index (χ3n) is 3.09. The van der Waals surface area contributed by atoms with Gasteiger partial charge in [0, 0.05) is 12.6 Å². The average molecular weight is 304 g/mol. The van der Waals surface area contributed by atoms with E-state index >= 15 is 0 Å². The van der Waals surface area contributed by atoms with Crippen LogP contribution in [0.1, 0.15) is 19.8 Å². The van der Waals surface area contributed by atoms with Crippen LogP contribution < -0.4 is 5.32 Å². The molecular weight excluding hydrogens is 284 g/mol. The van der Waals surface area contributed by atoms with Crippen LogP contribution in [0.3, 0.4) is 0 Å². The van der Waals surface area contributed by atoms with Crippen LogP contribution in [-0.4, -0.2) is 60.6 Å². The summed E-state index contributed by atoms with van der Waals surface area (Å²) in [6, 6.07) is -1.38. The number of amides is 2. The van der Waals surface area contributed by atoms with Gasteiger partial charge in [0.1, 0.15) is 0 Å². The molecule has 0 aliphatic carbocycles. The molecule has 0 aromatic heterocycles. The number of aliphatic carboxylic acids is 1. The lowest BCUT2D eigenvalue weighted by atomic mass is 10.2. The van der Waals surface area contributed by atoms with Crippen LogP contribution in [0.2, 0.25) is 0 Å². The van der Waals surface area contributed by atoms with E-state index in [0.717, 1.165) is 0 Å². The fourth-order valence-electron chi connectivity index (χ4n) is 2.13. The third-order valence-corrected chi connectivity index (χ3v) is 4.79. The fraction of sp³-hybridized carbons (Fsp3) is 0.667. The summed E-state index contributed by atoms with van der Waals surface area (Å²) < 4.78 is 23.1. The van der Waals surface area contributed by atoms with E-state index in [1.807, 2.05) is 0 Å². The second-order valence-electron chi connectivity index (χ2n) is 4.93. The highest BCUT2D eigenvalue weighted by Gasteiger charge is 2.35. The second-order valence-corrected chi connectivity index (χ2v) is 7.16. The number of rotatable bonds is 5. The number of hydrogen-bond acceptors (Lipinski definition) is 4. The summed E-state index contributed by atoms with van der Waals surface area (Å²) in [7, 11) is -3.28. The van der Waals surface area contributed by atoms with Gasteiger partial charge in [-0.1, -0.05) is 6.08 Å².